The van der Waals surface area contributed by atoms with Crippen LogP contribution in [-0.4, -0.2) is 28.2 Å². The third kappa shape index (κ3) is 4.28. The van der Waals surface area contributed by atoms with Gasteiger partial charge in [-0.05, 0) is 17.7 Å². The van der Waals surface area contributed by atoms with Gasteiger partial charge in [-0.2, -0.15) is 18.3 Å². The van der Waals surface area contributed by atoms with Crippen LogP contribution in [0.3, 0.4) is 0 Å². The van der Waals surface area contributed by atoms with Gasteiger partial charge in [0.2, 0.25) is 0 Å². The van der Waals surface area contributed by atoms with Gasteiger partial charge in [0.15, 0.2) is 5.75 Å². The highest BCUT2D eigenvalue weighted by atomic mass is 19.4. The van der Waals surface area contributed by atoms with Gasteiger partial charge >= 0.3 is 6.18 Å². The van der Waals surface area contributed by atoms with E-state index >= 15 is 0 Å². The zero-order valence-corrected chi connectivity index (χ0v) is 11.8. The number of alkyl halides is 3. The van der Waals surface area contributed by atoms with Crippen LogP contribution in [-0.2, 0) is 13.0 Å². The summed E-state index contributed by atoms with van der Waals surface area (Å²) in [6.45, 7) is 0.347. The third-order valence-electron chi connectivity index (χ3n) is 3.04. The lowest BCUT2D eigenvalue weighted by Crippen LogP contribution is -2.06. The van der Waals surface area contributed by atoms with Gasteiger partial charge in [0, 0.05) is 12.5 Å². The Morgan fingerprint density at radius 2 is 1.95 bits per heavy atom. The van der Waals surface area contributed by atoms with E-state index in [2.05, 4.69) is 5.10 Å². The van der Waals surface area contributed by atoms with Gasteiger partial charge in [-0.25, -0.2) is 0 Å². The van der Waals surface area contributed by atoms with Crippen molar-refractivity contribution >= 4 is 0 Å². The number of allylic oxidation sites excluding steroid dienone is 2. The molecule has 7 heteroatoms. The number of rotatable bonds is 5. The number of ether oxygens (including phenoxy) is 1. The minimum absolute atomic E-state index is 0.0541. The van der Waals surface area contributed by atoms with E-state index in [1.165, 1.54) is 10.9 Å². The molecule has 4 nitrogen and oxygen atoms in total. The maximum Gasteiger partial charge on any atom is 0.409 e. The molecule has 0 amide bonds. The highest BCUT2D eigenvalue weighted by Gasteiger charge is 2.22. The Bertz CT molecular complexity index is 646. The molecule has 0 fully saturated rings. The molecule has 0 atom stereocenters. The topological polar surface area (TPSA) is 47.3 Å². The Morgan fingerprint density at radius 1 is 1.27 bits per heavy atom. The molecule has 0 aliphatic carbocycles. The van der Waals surface area contributed by atoms with Gasteiger partial charge in [-0.3, -0.25) is 4.68 Å². The Labute approximate surface area is 125 Å². The molecule has 1 aromatic heterocycles. The second kappa shape index (κ2) is 6.55. The first kappa shape index (κ1) is 15.9. The monoisotopic (exact) mass is 312 g/mol. The fourth-order valence-electron chi connectivity index (χ4n) is 1.96. The standard InChI is InChI=1S/C15H15F3N2O2/c1-22-12-6-4-11(5-7-12)10-20-13(14(21)9-19-20)3-2-8-15(16,17)18/h2,4-9,21H,3,10H2,1H3/b8-2+. The van der Waals surface area contributed by atoms with E-state index in [9.17, 15) is 18.3 Å². The van der Waals surface area contributed by atoms with Crippen molar-refractivity contribution in [2.24, 2.45) is 0 Å². The summed E-state index contributed by atoms with van der Waals surface area (Å²) in [5.41, 5.74) is 1.22. The van der Waals surface area contributed by atoms with Crippen molar-refractivity contribution in [3.63, 3.8) is 0 Å². The molecule has 1 aromatic carbocycles. The summed E-state index contributed by atoms with van der Waals surface area (Å²) in [6.07, 6.45) is -2.09. The average molecular weight is 312 g/mol. The largest absolute Gasteiger partial charge is 0.504 e. The number of nitrogens with zero attached hydrogens (tertiary/aromatic N) is 2. The smallest absolute Gasteiger partial charge is 0.409 e. The van der Waals surface area contributed by atoms with Crippen molar-refractivity contribution < 1.29 is 23.0 Å². The SMILES string of the molecule is COc1ccc(Cn2ncc(O)c2C/C=C/C(F)(F)F)cc1. The molecule has 22 heavy (non-hydrogen) atoms. The highest BCUT2D eigenvalue weighted by Crippen LogP contribution is 2.21. The number of aromatic nitrogens is 2. The molecule has 1 N–H and O–H groups in total. The van der Waals surface area contributed by atoms with Crippen molar-refractivity contribution in [2.75, 3.05) is 7.11 Å². The minimum atomic E-state index is -4.36. The maximum atomic E-state index is 12.1. The molecule has 0 bridgehead atoms. The molecule has 0 aliphatic heterocycles. The van der Waals surface area contributed by atoms with Gasteiger partial charge in [0.05, 0.1) is 25.5 Å². The number of aromatic hydroxyl groups is 1. The first-order valence-corrected chi connectivity index (χ1v) is 6.50. The lowest BCUT2D eigenvalue weighted by Gasteiger charge is -2.07. The second-order valence-electron chi connectivity index (χ2n) is 4.63. The van der Waals surface area contributed by atoms with Crippen molar-refractivity contribution in [2.45, 2.75) is 19.1 Å². The zero-order chi connectivity index (χ0) is 16.2. The molecule has 0 saturated heterocycles. The predicted octanol–water partition coefficient (Wildman–Crippen LogP) is 3.31. The molecule has 118 valence electrons. The Morgan fingerprint density at radius 3 is 2.55 bits per heavy atom. The molecule has 2 rings (SSSR count). The Kier molecular flexibility index (Phi) is 4.75. The van der Waals surface area contributed by atoms with Crippen LogP contribution in [0.2, 0.25) is 0 Å². The van der Waals surface area contributed by atoms with Crippen molar-refractivity contribution in [3.8, 4) is 11.5 Å². The third-order valence-corrected chi connectivity index (χ3v) is 3.04. The summed E-state index contributed by atoms with van der Waals surface area (Å²) in [5, 5.41) is 13.7. The van der Waals surface area contributed by atoms with Crippen LogP contribution in [0.25, 0.3) is 0 Å². The van der Waals surface area contributed by atoms with Crippen LogP contribution in [0.4, 0.5) is 13.2 Å². The summed E-state index contributed by atoms with van der Waals surface area (Å²) in [6, 6.07) is 7.21. The molecule has 0 unspecified atom stereocenters. The van der Waals surface area contributed by atoms with Gasteiger partial charge in [0.1, 0.15) is 5.75 Å². The number of methoxy groups -OCH3 is 1. The summed E-state index contributed by atoms with van der Waals surface area (Å²) < 4.78 is 42.9. The molecule has 0 spiro atoms. The van der Waals surface area contributed by atoms with Gasteiger partial charge < -0.3 is 9.84 Å². The van der Waals surface area contributed by atoms with E-state index in [0.717, 1.165) is 11.6 Å². The molecule has 0 saturated carbocycles. The number of hydrogen-bond donors (Lipinski definition) is 1. The van der Waals surface area contributed by atoms with E-state index in [1.54, 1.807) is 19.2 Å². The lowest BCUT2D eigenvalue weighted by molar-refractivity contribution is -0.0800. The predicted molar refractivity (Wildman–Crippen MR) is 74.9 cm³/mol. The van der Waals surface area contributed by atoms with Crippen LogP contribution in [0.5, 0.6) is 11.5 Å². The molecule has 1 heterocycles. The summed E-state index contributed by atoms with van der Waals surface area (Å²) >= 11 is 0. The number of halogens is 3. The van der Waals surface area contributed by atoms with Crippen LogP contribution >= 0.6 is 0 Å². The number of hydrogen-bond acceptors (Lipinski definition) is 3. The van der Waals surface area contributed by atoms with Crippen molar-refractivity contribution in [1.29, 1.82) is 0 Å². The van der Waals surface area contributed by atoms with E-state index in [0.29, 0.717) is 18.0 Å². The maximum absolute atomic E-state index is 12.1. The molecule has 2 aromatic rings. The van der Waals surface area contributed by atoms with Crippen molar-refractivity contribution in [3.05, 3.63) is 53.9 Å². The quantitative estimate of drug-likeness (QED) is 0.862. The van der Waals surface area contributed by atoms with Crippen molar-refractivity contribution in [1.82, 2.24) is 9.78 Å². The van der Waals surface area contributed by atoms with Crippen LogP contribution in [0.1, 0.15) is 11.3 Å². The first-order valence-electron chi connectivity index (χ1n) is 6.50. The normalized spacial score (nSPS) is 12.0. The lowest BCUT2D eigenvalue weighted by atomic mass is 10.2. The number of benzene rings is 1. The fraction of sp³-hybridized carbons (Fsp3) is 0.267. The van der Waals surface area contributed by atoms with Crippen LogP contribution < -0.4 is 4.74 Å². The van der Waals surface area contributed by atoms with Gasteiger partial charge in [-0.1, -0.05) is 18.2 Å². The fourth-order valence-corrected chi connectivity index (χ4v) is 1.96. The average Bonchev–Trinajstić information content (AvgIpc) is 2.80. The summed E-state index contributed by atoms with van der Waals surface area (Å²) in [5.74, 6) is 0.584. The van der Waals surface area contributed by atoms with Gasteiger partial charge in [-0.15, -0.1) is 0 Å². The van der Waals surface area contributed by atoms with E-state index in [4.69, 9.17) is 4.74 Å². The van der Waals surface area contributed by atoms with Crippen LogP contribution in [0.15, 0.2) is 42.6 Å². The molecular weight excluding hydrogens is 297 g/mol. The Balaban J connectivity index is 2.12. The van der Waals surface area contributed by atoms with E-state index in [-0.39, 0.29) is 18.2 Å². The zero-order valence-electron chi connectivity index (χ0n) is 11.8. The second-order valence-corrected chi connectivity index (χ2v) is 4.63. The van der Waals surface area contributed by atoms with E-state index < -0.39 is 6.18 Å². The van der Waals surface area contributed by atoms with Gasteiger partial charge in [0.25, 0.3) is 0 Å². The highest BCUT2D eigenvalue weighted by molar-refractivity contribution is 5.30. The summed E-state index contributed by atoms with van der Waals surface area (Å²) in [4.78, 5) is 0. The molecule has 0 radical (unpaired) electrons. The molecule has 0 aliphatic rings. The summed E-state index contributed by atoms with van der Waals surface area (Å²) in [7, 11) is 1.56. The Hall–Kier alpha value is -2.44. The first-order chi connectivity index (χ1) is 10.4. The van der Waals surface area contributed by atoms with E-state index in [1.807, 2.05) is 12.1 Å². The molecular formula is C15H15F3N2O2. The minimum Gasteiger partial charge on any atom is -0.504 e. The van der Waals surface area contributed by atoms with Crippen LogP contribution in [0, 0.1) is 0 Å².